The Hall–Kier alpha value is -0.0800. The van der Waals surface area contributed by atoms with Crippen molar-refractivity contribution < 1.29 is 0 Å². The first-order chi connectivity index (χ1) is 8.54. The molecule has 1 saturated heterocycles. The van der Waals surface area contributed by atoms with E-state index in [1.807, 2.05) is 0 Å². The molecular weight excluding hydrogens is 220 g/mol. The van der Waals surface area contributed by atoms with Crippen LogP contribution in [0, 0.1) is 17.3 Å². The molecule has 2 aliphatic carbocycles. The fraction of sp³-hybridized carbons (Fsp3) is 1.00. The van der Waals surface area contributed by atoms with Crippen LogP contribution in [0.25, 0.3) is 0 Å². The summed E-state index contributed by atoms with van der Waals surface area (Å²) in [6, 6.07) is 1.52. The SMILES string of the molecule is CC(C)(C)C1CNC(C2CC2)CN1CC1CCC1. The summed E-state index contributed by atoms with van der Waals surface area (Å²) in [5, 5.41) is 3.84. The van der Waals surface area contributed by atoms with E-state index in [9.17, 15) is 0 Å². The van der Waals surface area contributed by atoms with Crippen molar-refractivity contribution in [2.24, 2.45) is 17.3 Å². The maximum Gasteiger partial charge on any atom is 0.0269 e. The number of nitrogens with one attached hydrogen (secondary N) is 1. The normalized spacial score (nSPS) is 35.5. The van der Waals surface area contributed by atoms with Crippen LogP contribution < -0.4 is 5.32 Å². The highest BCUT2D eigenvalue weighted by molar-refractivity contribution is 4.98. The summed E-state index contributed by atoms with van der Waals surface area (Å²) in [5.41, 5.74) is 0.408. The van der Waals surface area contributed by atoms with Crippen molar-refractivity contribution in [2.45, 2.75) is 65.0 Å². The van der Waals surface area contributed by atoms with Gasteiger partial charge in [0, 0.05) is 31.7 Å². The van der Waals surface area contributed by atoms with E-state index < -0.39 is 0 Å². The Balaban J connectivity index is 1.64. The fourth-order valence-corrected chi connectivity index (χ4v) is 3.71. The molecule has 3 fully saturated rings. The van der Waals surface area contributed by atoms with E-state index in [2.05, 4.69) is 31.0 Å². The van der Waals surface area contributed by atoms with Crippen molar-refractivity contribution in [3.63, 3.8) is 0 Å². The van der Waals surface area contributed by atoms with Gasteiger partial charge in [0.15, 0.2) is 0 Å². The van der Waals surface area contributed by atoms with Gasteiger partial charge in [0.05, 0.1) is 0 Å². The Bertz CT molecular complexity index is 286. The van der Waals surface area contributed by atoms with Gasteiger partial charge in [-0.15, -0.1) is 0 Å². The fourth-order valence-electron chi connectivity index (χ4n) is 3.71. The van der Waals surface area contributed by atoms with Gasteiger partial charge in [0.25, 0.3) is 0 Å². The molecule has 3 aliphatic rings. The minimum absolute atomic E-state index is 0.408. The molecule has 0 aromatic rings. The van der Waals surface area contributed by atoms with E-state index >= 15 is 0 Å². The number of nitrogens with zero attached hydrogens (tertiary/aromatic N) is 1. The molecule has 1 aliphatic heterocycles. The lowest BCUT2D eigenvalue weighted by molar-refractivity contribution is 0.0278. The molecule has 2 unspecified atom stereocenters. The zero-order valence-corrected chi connectivity index (χ0v) is 12.4. The summed E-state index contributed by atoms with van der Waals surface area (Å²) in [5.74, 6) is 2.00. The van der Waals surface area contributed by atoms with Crippen LogP contribution in [0.15, 0.2) is 0 Å². The van der Waals surface area contributed by atoms with Crippen molar-refractivity contribution >= 4 is 0 Å². The molecule has 0 aromatic carbocycles. The Morgan fingerprint density at radius 2 is 1.83 bits per heavy atom. The lowest BCUT2D eigenvalue weighted by atomic mass is 9.80. The number of rotatable bonds is 3. The molecule has 2 heteroatoms. The molecular formula is C16H30N2. The largest absolute Gasteiger partial charge is 0.311 e. The van der Waals surface area contributed by atoms with Gasteiger partial charge in [-0.25, -0.2) is 0 Å². The standard InChI is InChI=1S/C16H30N2/c1-16(2,3)15-9-17-14(13-7-8-13)11-18(15)10-12-5-4-6-12/h12-15,17H,4-11H2,1-3H3. The van der Waals surface area contributed by atoms with Crippen molar-refractivity contribution in [3.05, 3.63) is 0 Å². The molecule has 18 heavy (non-hydrogen) atoms. The quantitative estimate of drug-likeness (QED) is 0.828. The van der Waals surface area contributed by atoms with Crippen LogP contribution in [0.5, 0.6) is 0 Å². The number of hydrogen-bond acceptors (Lipinski definition) is 2. The Morgan fingerprint density at radius 1 is 1.11 bits per heavy atom. The zero-order chi connectivity index (χ0) is 12.8. The van der Waals surface area contributed by atoms with Crippen LogP contribution in [0.4, 0.5) is 0 Å². The molecule has 0 aromatic heterocycles. The van der Waals surface area contributed by atoms with Gasteiger partial charge in [-0.3, -0.25) is 4.90 Å². The molecule has 3 rings (SSSR count). The second-order valence-electron chi connectivity index (χ2n) is 7.98. The second kappa shape index (κ2) is 4.79. The summed E-state index contributed by atoms with van der Waals surface area (Å²) >= 11 is 0. The summed E-state index contributed by atoms with van der Waals surface area (Å²) in [6.07, 6.45) is 7.37. The van der Waals surface area contributed by atoms with Crippen LogP contribution in [0.3, 0.4) is 0 Å². The molecule has 2 saturated carbocycles. The smallest absolute Gasteiger partial charge is 0.0269 e. The predicted molar refractivity (Wildman–Crippen MR) is 76.7 cm³/mol. The third kappa shape index (κ3) is 2.75. The molecule has 2 nitrogen and oxygen atoms in total. The van der Waals surface area contributed by atoms with Crippen LogP contribution in [0.1, 0.15) is 52.9 Å². The minimum atomic E-state index is 0.408. The highest BCUT2D eigenvalue weighted by Gasteiger charge is 2.41. The van der Waals surface area contributed by atoms with Gasteiger partial charge in [-0.05, 0) is 42.9 Å². The van der Waals surface area contributed by atoms with Gasteiger partial charge < -0.3 is 5.32 Å². The maximum atomic E-state index is 3.84. The van der Waals surface area contributed by atoms with Crippen LogP contribution in [-0.4, -0.2) is 36.6 Å². The molecule has 0 bridgehead atoms. The second-order valence-corrected chi connectivity index (χ2v) is 7.98. The maximum absolute atomic E-state index is 3.84. The lowest BCUT2D eigenvalue weighted by Gasteiger charge is -2.48. The molecule has 1 heterocycles. The monoisotopic (exact) mass is 250 g/mol. The average Bonchev–Trinajstić information content (AvgIpc) is 3.05. The van der Waals surface area contributed by atoms with Crippen LogP contribution in [0.2, 0.25) is 0 Å². The van der Waals surface area contributed by atoms with E-state index in [4.69, 9.17) is 0 Å². The summed E-state index contributed by atoms with van der Waals surface area (Å²) < 4.78 is 0. The molecule has 0 spiro atoms. The highest BCUT2D eigenvalue weighted by atomic mass is 15.2. The first-order valence-electron chi connectivity index (χ1n) is 8.01. The van der Waals surface area contributed by atoms with E-state index in [0.29, 0.717) is 5.41 Å². The minimum Gasteiger partial charge on any atom is -0.311 e. The Morgan fingerprint density at radius 3 is 2.33 bits per heavy atom. The van der Waals surface area contributed by atoms with Gasteiger partial charge >= 0.3 is 0 Å². The van der Waals surface area contributed by atoms with E-state index in [0.717, 1.165) is 23.9 Å². The molecule has 1 N–H and O–H groups in total. The van der Waals surface area contributed by atoms with Crippen molar-refractivity contribution in [3.8, 4) is 0 Å². The average molecular weight is 250 g/mol. The van der Waals surface area contributed by atoms with Gasteiger partial charge in [-0.2, -0.15) is 0 Å². The zero-order valence-electron chi connectivity index (χ0n) is 12.4. The molecule has 2 atom stereocenters. The molecule has 0 radical (unpaired) electrons. The van der Waals surface area contributed by atoms with Crippen LogP contribution >= 0.6 is 0 Å². The van der Waals surface area contributed by atoms with Gasteiger partial charge in [0.1, 0.15) is 0 Å². The first kappa shape index (κ1) is 12.9. The highest BCUT2D eigenvalue weighted by Crippen LogP contribution is 2.37. The number of hydrogen-bond donors (Lipinski definition) is 1. The molecule has 104 valence electrons. The van der Waals surface area contributed by atoms with Crippen molar-refractivity contribution in [1.82, 2.24) is 10.2 Å². The Labute approximate surface area is 113 Å². The third-order valence-electron chi connectivity index (χ3n) is 5.35. The van der Waals surface area contributed by atoms with Crippen molar-refractivity contribution in [2.75, 3.05) is 19.6 Å². The van der Waals surface area contributed by atoms with Crippen molar-refractivity contribution in [1.29, 1.82) is 0 Å². The summed E-state index contributed by atoms with van der Waals surface area (Å²) in [6.45, 7) is 11.1. The molecule has 0 amide bonds. The summed E-state index contributed by atoms with van der Waals surface area (Å²) in [4.78, 5) is 2.84. The van der Waals surface area contributed by atoms with Gasteiger partial charge in [-0.1, -0.05) is 27.2 Å². The lowest BCUT2D eigenvalue weighted by Crippen LogP contribution is -2.62. The van der Waals surface area contributed by atoms with E-state index in [-0.39, 0.29) is 0 Å². The van der Waals surface area contributed by atoms with Gasteiger partial charge in [0.2, 0.25) is 0 Å². The third-order valence-corrected chi connectivity index (χ3v) is 5.35. The van der Waals surface area contributed by atoms with E-state index in [1.54, 1.807) is 0 Å². The number of piperazine rings is 1. The predicted octanol–water partition coefficient (Wildman–Crippen LogP) is 2.89. The Kier molecular flexibility index (Phi) is 3.44. The topological polar surface area (TPSA) is 15.3 Å². The first-order valence-corrected chi connectivity index (χ1v) is 8.01. The van der Waals surface area contributed by atoms with Crippen LogP contribution in [-0.2, 0) is 0 Å². The summed E-state index contributed by atoms with van der Waals surface area (Å²) in [7, 11) is 0. The van der Waals surface area contributed by atoms with E-state index in [1.165, 1.54) is 51.7 Å².